The zero-order chi connectivity index (χ0) is 26.8. The number of aromatic nitrogens is 1. The van der Waals surface area contributed by atoms with Crippen LogP contribution in [0.1, 0.15) is 67.6 Å². The second-order valence-electron chi connectivity index (χ2n) is 11.8. The third-order valence-electron chi connectivity index (χ3n) is 9.25. The number of nitrogens with zero attached hydrogens (tertiary/aromatic N) is 1. The van der Waals surface area contributed by atoms with Crippen molar-refractivity contribution in [2.24, 2.45) is 0 Å². The highest BCUT2D eigenvalue weighted by Gasteiger charge is 2.40. The number of allylic oxidation sites excluding steroid dienone is 4. The summed E-state index contributed by atoms with van der Waals surface area (Å²) in [7, 11) is 0. The van der Waals surface area contributed by atoms with E-state index < -0.39 is 0 Å². The molecule has 3 aliphatic rings. The van der Waals surface area contributed by atoms with Crippen molar-refractivity contribution in [1.82, 2.24) is 20.5 Å². The van der Waals surface area contributed by atoms with E-state index in [1.54, 1.807) is 5.57 Å². The molecule has 4 aromatic carbocycles. The summed E-state index contributed by atoms with van der Waals surface area (Å²) in [6, 6.07) is 35.1. The molecule has 8 rings (SSSR count). The first-order valence-electron chi connectivity index (χ1n) is 14.5. The van der Waals surface area contributed by atoms with Gasteiger partial charge in [0.2, 0.25) is 0 Å². The lowest BCUT2D eigenvalue weighted by Crippen LogP contribution is -2.56. The van der Waals surface area contributed by atoms with Crippen LogP contribution in [0, 0.1) is 0 Å². The zero-order valence-electron chi connectivity index (χ0n) is 23.0. The molecule has 2 atom stereocenters. The third-order valence-corrected chi connectivity index (χ3v) is 9.25. The Hall–Kier alpha value is -3.96. The van der Waals surface area contributed by atoms with Gasteiger partial charge in [0.1, 0.15) is 6.29 Å². The van der Waals surface area contributed by atoms with Gasteiger partial charge in [0.05, 0.1) is 23.4 Å². The van der Waals surface area contributed by atoms with Crippen LogP contribution in [-0.2, 0) is 5.41 Å². The van der Waals surface area contributed by atoms with Crippen LogP contribution >= 0.6 is 0 Å². The Labute approximate surface area is 235 Å². The van der Waals surface area contributed by atoms with Crippen LogP contribution in [0.15, 0.2) is 115 Å². The lowest BCUT2D eigenvalue weighted by Gasteiger charge is -2.40. The lowest BCUT2D eigenvalue weighted by atomic mass is 9.78. The number of fused-ring (bicyclic) bond motifs is 6. The Morgan fingerprint density at radius 3 is 2.05 bits per heavy atom. The van der Waals surface area contributed by atoms with Crippen LogP contribution in [0.25, 0.3) is 27.4 Å². The molecule has 0 spiro atoms. The van der Waals surface area contributed by atoms with E-state index in [0.29, 0.717) is 0 Å². The normalized spacial score (nSPS) is 23.5. The monoisotopic (exact) mass is 522 g/mol. The standard InChI is InChI=1S/C36H34N4/c1-36(2)27-19-11-9-17-25(27)31-28(36)21-22-30-32(31)26-18-10-12-20-29(26)40(30)35-38-33(23-13-5-3-6-14-23)37-34(39-35)24-15-7-4-8-16-24/h3-10,12-18,20-22,33-35,37-39H,11,19H2,1-2H3. The first-order chi connectivity index (χ1) is 19.6. The second-order valence-corrected chi connectivity index (χ2v) is 11.8. The Kier molecular flexibility index (Phi) is 5.39. The minimum absolute atomic E-state index is 0.0159. The molecule has 0 amide bonds. The van der Waals surface area contributed by atoms with Gasteiger partial charge in [-0.05, 0) is 52.8 Å². The summed E-state index contributed by atoms with van der Waals surface area (Å²) in [4.78, 5) is 0. The smallest absolute Gasteiger partial charge is 0.142 e. The summed E-state index contributed by atoms with van der Waals surface area (Å²) >= 11 is 0. The quantitative estimate of drug-likeness (QED) is 0.226. The van der Waals surface area contributed by atoms with Gasteiger partial charge in [0.15, 0.2) is 0 Å². The topological polar surface area (TPSA) is 41.0 Å². The minimum atomic E-state index is -0.123. The van der Waals surface area contributed by atoms with Crippen LogP contribution in [0.2, 0.25) is 0 Å². The van der Waals surface area contributed by atoms with Crippen molar-refractivity contribution in [2.45, 2.75) is 50.7 Å². The van der Waals surface area contributed by atoms with Crippen molar-refractivity contribution in [3.8, 4) is 0 Å². The fraction of sp³-hybridized carbons (Fsp3) is 0.222. The zero-order valence-corrected chi connectivity index (χ0v) is 23.0. The molecule has 4 heteroatoms. The Morgan fingerprint density at radius 1 is 0.700 bits per heavy atom. The van der Waals surface area contributed by atoms with Crippen molar-refractivity contribution >= 4 is 27.4 Å². The molecule has 0 radical (unpaired) electrons. The average Bonchev–Trinajstić information content (AvgIpc) is 3.47. The van der Waals surface area contributed by atoms with E-state index in [2.05, 4.69) is 144 Å². The molecule has 2 unspecified atom stereocenters. The maximum Gasteiger partial charge on any atom is 0.142 e. The molecule has 1 saturated heterocycles. The molecule has 40 heavy (non-hydrogen) atoms. The molecular formula is C36H34N4. The van der Waals surface area contributed by atoms with Crippen LogP contribution in [0.3, 0.4) is 0 Å². The second kappa shape index (κ2) is 9.03. The predicted molar refractivity (Wildman–Crippen MR) is 165 cm³/mol. The highest BCUT2D eigenvalue weighted by Crippen LogP contribution is 2.53. The van der Waals surface area contributed by atoms with Gasteiger partial charge in [0, 0.05) is 16.2 Å². The van der Waals surface area contributed by atoms with Crippen molar-refractivity contribution < 1.29 is 0 Å². The van der Waals surface area contributed by atoms with Gasteiger partial charge in [-0.15, -0.1) is 0 Å². The first-order valence-corrected chi connectivity index (χ1v) is 14.5. The molecule has 198 valence electrons. The first kappa shape index (κ1) is 23.9. The predicted octanol–water partition coefficient (Wildman–Crippen LogP) is 7.83. The number of rotatable bonds is 3. The molecule has 2 heterocycles. The number of nitrogens with one attached hydrogen (secondary N) is 3. The van der Waals surface area contributed by atoms with Gasteiger partial charge in [-0.2, -0.15) is 0 Å². The maximum absolute atomic E-state index is 3.91. The summed E-state index contributed by atoms with van der Waals surface area (Å²) in [5, 5.41) is 14.3. The van der Waals surface area contributed by atoms with Crippen LogP contribution < -0.4 is 16.0 Å². The fourth-order valence-electron chi connectivity index (χ4n) is 7.33. The van der Waals surface area contributed by atoms with Gasteiger partial charge in [-0.3, -0.25) is 16.0 Å². The molecule has 1 fully saturated rings. The summed E-state index contributed by atoms with van der Waals surface area (Å²) < 4.78 is 2.48. The number of benzene rings is 4. The van der Waals surface area contributed by atoms with Gasteiger partial charge >= 0.3 is 0 Å². The van der Waals surface area contributed by atoms with Crippen molar-refractivity contribution in [1.29, 1.82) is 0 Å². The van der Waals surface area contributed by atoms with Gasteiger partial charge in [0.25, 0.3) is 0 Å². The largest absolute Gasteiger partial charge is 0.311 e. The van der Waals surface area contributed by atoms with Gasteiger partial charge in [-0.25, -0.2) is 0 Å². The lowest BCUT2D eigenvalue weighted by molar-refractivity contribution is 0.161. The van der Waals surface area contributed by atoms with Crippen LogP contribution in [0.4, 0.5) is 0 Å². The Balaban J connectivity index is 1.35. The molecule has 1 aromatic heterocycles. The summed E-state index contributed by atoms with van der Waals surface area (Å²) in [6.07, 6.45) is 6.86. The summed E-state index contributed by atoms with van der Waals surface area (Å²) in [6.45, 7) is 4.81. The fourth-order valence-corrected chi connectivity index (χ4v) is 7.33. The molecule has 0 bridgehead atoms. The van der Waals surface area contributed by atoms with Crippen LogP contribution in [0.5, 0.6) is 0 Å². The molecule has 0 saturated carbocycles. The number of para-hydroxylation sites is 1. The maximum atomic E-state index is 3.91. The molecular weight excluding hydrogens is 488 g/mol. The molecule has 1 aliphatic heterocycles. The highest BCUT2D eigenvalue weighted by atomic mass is 15.4. The minimum Gasteiger partial charge on any atom is -0.311 e. The van der Waals surface area contributed by atoms with E-state index in [0.717, 1.165) is 12.8 Å². The number of hydrogen-bond donors (Lipinski definition) is 3. The third kappa shape index (κ3) is 3.50. The van der Waals surface area contributed by atoms with E-state index >= 15 is 0 Å². The molecule has 4 nitrogen and oxygen atoms in total. The van der Waals surface area contributed by atoms with Gasteiger partial charge in [-0.1, -0.05) is 117 Å². The van der Waals surface area contributed by atoms with Crippen molar-refractivity contribution in [3.63, 3.8) is 0 Å². The summed E-state index contributed by atoms with van der Waals surface area (Å²) in [5.74, 6) is 0. The molecule has 3 N–H and O–H groups in total. The van der Waals surface area contributed by atoms with Gasteiger partial charge < -0.3 is 4.57 Å². The van der Waals surface area contributed by atoms with E-state index in [1.807, 2.05) is 0 Å². The van der Waals surface area contributed by atoms with Crippen molar-refractivity contribution in [2.75, 3.05) is 0 Å². The average molecular weight is 523 g/mol. The van der Waals surface area contributed by atoms with Crippen molar-refractivity contribution in [3.05, 3.63) is 137 Å². The SMILES string of the molecule is CC1(C)C2=C(C=CCC2)c2c1ccc1c2c2ccccc2n1C1NC(c2ccccc2)NC(c2ccccc2)N1. The van der Waals surface area contributed by atoms with Crippen LogP contribution in [-0.4, -0.2) is 4.57 Å². The molecule has 5 aromatic rings. The van der Waals surface area contributed by atoms with E-state index in [1.165, 1.54) is 49.6 Å². The highest BCUT2D eigenvalue weighted by molar-refractivity contribution is 6.15. The Morgan fingerprint density at radius 2 is 1.35 bits per heavy atom. The Bertz CT molecular complexity index is 1760. The van der Waals surface area contributed by atoms with E-state index in [9.17, 15) is 0 Å². The molecule has 2 aliphatic carbocycles. The number of hydrogen-bond acceptors (Lipinski definition) is 3. The summed E-state index contributed by atoms with van der Waals surface area (Å²) in [5.41, 5.74) is 10.9. The van der Waals surface area contributed by atoms with E-state index in [4.69, 9.17) is 0 Å². The van der Waals surface area contributed by atoms with E-state index in [-0.39, 0.29) is 24.0 Å².